The van der Waals surface area contributed by atoms with E-state index in [1.165, 1.54) is 57.8 Å². The molecule has 0 aromatic rings. The molecule has 0 rings (SSSR count). The molecule has 0 aromatic heterocycles. The average molecular weight is 247 g/mol. The van der Waals surface area contributed by atoms with Gasteiger partial charge in [-0.1, -0.05) is 58.8 Å². The molecule has 0 aliphatic rings. The first-order valence-electron chi connectivity index (χ1n) is 7.21. The third-order valence-electron chi connectivity index (χ3n) is 3.51. The molecule has 0 heterocycles. The lowest BCUT2D eigenvalue weighted by atomic mass is 9.86. The molecule has 0 saturated heterocycles. The van der Waals surface area contributed by atoms with E-state index in [1.807, 2.05) is 0 Å². The van der Waals surface area contributed by atoms with Crippen molar-refractivity contribution in [3.8, 4) is 0 Å². The quantitative estimate of drug-likeness (QED) is 0.319. The normalized spacial score (nSPS) is 14.1. The number of hydrogen-bond acceptors (Lipinski definition) is 0. The molecule has 0 aromatic carbocycles. The maximum absolute atomic E-state index is 6.44. The largest absolute Gasteiger partial charge is 0.120 e. The van der Waals surface area contributed by atoms with Crippen molar-refractivity contribution in [3.05, 3.63) is 0 Å². The van der Waals surface area contributed by atoms with E-state index < -0.39 is 0 Å². The second-order valence-corrected chi connectivity index (χ2v) is 6.58. The van der Waals surface area contributed by atoms with E-state index in [1.54, 1.807) is 0 Å². The highest BCUT2D eigenvalue weighted by Gasteiger charge is 2.25. The van der Waals surface area contributed by atoms with Crippen molar-refractivity contribution in [3.63, 3.8) is 0 Å². The second-order valence-electron chi connectivity index (χ2n) is 5.61. The van der Waals surface area contributed by atoms with Gasteiger partial charge in [-0.25, -0.2) is 0 Å². The van der Waals surface area contributed by atoms with Crippen molar-refractivity contribution in [2.24, 2.45) is 5.92 Å². The molecule has 0 N–H and O–H groups in total. The molecule has 0 radical (unpaired) electrons. The molecule has 1 atom stereocenters. The summed E-state index contributed by atoms with van der Waals surface area (Å²) in [5.74, 6) is 0.699. The average Bonchev–Trinajstić information content (AvgIpc) is 2.20. The molecule has 0 amide bonds. The predicted octanol–water partition coefficient (Wildman–Crippen LogP) is 6.17. The Balaban J connectivity index is 3.61. The number of alkyl halides is 1. The lowest BCUT2D eigenvalue weighted by Gasteiger charge is -2.28. The van der Waals surface area contributed by atoms with Crippen molar-refractivity contribution in [1.29, 1.82) is 0 Å². The van der Waals surface area contributed by atoms with Gasteiger partial charge in [0.15, 0.2) is 0 Å². The summed E-state index contributed by atoms with van der Waals surface area (Å²) in [6, 6.07) is 0. The Kier molecular flexibility index (Phi) is 9.50. The third kappa shape index (κ3) is 8.44. The van der Waals surface area contributed by atoms with Gasteiger partial charge >= 0.3 is 0 Å². The van der Waals surface area contributed by atoms with E-state index in [-0.39, 0.29) is 4.87 Å². The second kappa shape index (κ2) is 9.33. The molecule has 1 unspecified atom stereocenters. The van der Waals surface area contributed by atoms with Crippen LogP contribution in [0.2, 0.25) is 0 Å². The first-order valence-corrected chi connectivity index (χ1v) is 7.59. The van der Waals surface area contributed by atoms with Crippen LogP contribution >= 0.6 is 11.6 Å². The van der Waals surface area contributed by atoms with Gasteiger partial charge in [-0.05, 0) is 32.6 Å². The molecule has 16 heavy (non-hydrogen) atoms. The minimum absolute atomic E-state index is 0.0145. The molecule has 98 valence electrons. The van der Waals surface area contributed by atoms with Gasteiger partial charge in [-0.2, -0.15) is 0 Å². The summed E-state index contributed by atoms with van der Waals surface area (Å²) in [5, 5.41) is 0. The fraction of sp³-hybridized carbons (Fsp3) is 1.00. The molecule has 0 bridgehead atoms. The fourth-order valence-electron chi connectivity index (χ4n) is 2.35. The van der Waals surface area contributed by atoms with Crippen LogP contribution < -0.4 is 0 Å². The van der Waals surface area contributed by atoms with Crippen LogP contribution in [0.4, 0.5) is 0 Å². The zero-order chi connectivity index (χ0) is 12.4. The SMILES string of the molecule is CCCCCCCCC(CCC)C(C)(C)Cl. The lowest BCUT2D eigenvalue weighted by molar-refractivity contribution is 0.345. The van der Waals surface area contributed by atoms with Crippen LogP contribution in [-0.4, -0.2) is 4.87 Å². The van der Waals surface area contributed by atoms with Crippen molar-refractivity contribution < 1.29 is 0 Å². The molecule has 0 nitrogen and oxygen atoms in total. The van der Waals surface area contributed by atoms with Gasteiger partial charge in [-0.3, -0.25) is 0 Å². The van der Waals surface area contributed by atoms with Gasteiger partial charge in [0, 0.05) is 4.87 Å². The Bertz CT molecular complexity index is 146. The summed E-state index contributed by atoms with van der Waals surface area (Å²) in [7, 11) is 0. The molecular weight excluding hydrogens is 216 g/mol. The minimum Gasteiger partial charge on any atom is -0.120 e. The van der Waals surface area contributed by atoms with Crippen LogP contribution in [0, 0.1) is 5.92 Å². The van der Waals surface area contributed by atoms with E-state index in [2.05, 4.69) is 27.7 Å². The monoisotopic (exact) mass is 246 g/mol. The molecule has 0 spiro atoms. The van der Waals surface area contributed by atoms with Gasteiger partial charge in [0.2, 0.25) is 0 Å². The Morgan fingerprint density at radius 3 is 1.88 bits per heavy atom. The molecule has 0 saturated carbocycles. The molecule has 0 aliphatic carbocycles. The fourth-order valence-corrected chi connectivity index (χ4v) is 2.57. The molecule has 0 aliphatic heterocycles. The van der Waals surface area contributed by atoms with Crippen molar-refractivity contribution in [2.45, 2.75) is 90.4 Å². The number of rotatable bonds is 10. The number of hydrogen-bond donors (Lipinski definition) is 0. The molecular formula is C15H31Cl. The summed E-state index contributed by atoms with van der Waals surface area (Å²) in [5.41, 5.74) is 0. The van der Waals surface area contributed by atoms with Crippen LogP contribution in [0.25, 0.3) is 0 Å². The Morgan fingerprint density at radius 1 is 0.812 bits per heavy atom. The first-order chi connectivity index (χ1) is 7.52. The maximum atomic E-state index is 6.44. The van der Waals surface area contributed by atoms with Gasteiger partial charge in [0.05, 0.1) is 0 Å². The Morgan fingerprint density at radius 2 is 1.38 bits per heavy atom. The summed E-state index contributed by atoms with van der Waals surface area (Å²) in [6.45, 7) is 8.88. The van der Waals surface area contributed by atoms with Gasteiger partial charge in [0.1, 0.15) is 0 Å². The van der Waals surface area contributed by atoms with Crippen molar-refractivity contribution >= 4 is 11.6 Å². The zero-order valence-corrected chi connectivity index (χ0v) is 12.6. The Hall–Kier alpha value is 0.290. The van der Waals surface area contributed by atoms with E-state index in [0.29, 0.717) is 5.92 Å². The van der Waals surface area contributed by atoms with Gasteiger partial charge < -0.3 is 0 Å². The smallest absolute Gasteiger partial charge is 0.0418 e. The van der Waals surface area contributed by atoms with E-state index in [4.69, 9.17) is 11.6 Å². The van der Waals surface area contributed by atoms with Crippen LogP contribution in [0.1, 0.15) is 85.5 Å². The highest BCUT2D eigenvalue weighted by molar-refractivity contribution is 6.23. The van der Waals surface area contributed by atoms with E-state index in [9.17, 15) is 0 Å². The predicted molar refractivity (Wildman–Crippen MR) is 76.3 cm³/mol. The summed E-state index contributed by atoms with van der Waals surface area (Å²) < 4.78 is 0. The third-order valence-corrected chi connectivity index (χ3v) is 3.82. The van der Waals surface area contributed by atoms with E-state index >= 15 is 0 Å². The highest BCUT2D eigenvalue weighted by atomic mass is 35.5. The van der Waals surface area contributed by atoms with Crippen LogP contribution in [0.15, 0.2) is 0 Å². The number of unbranched alkanes of at least 4 members (excludes halogenated alkanes) is 5. The Labute approximate surface area is 108 Å². The maximum Gasteiger partial charge on any atom is 0.0418 e. The highest BCUT2D eigenvalue weighted by Crippen LogP contribution is 2.32. The first kappa shape index (κ1) is 16.3. The minimum atomic E-state index is -0.0145. The summed E-state index contributed by atoms with van der Waals surface area (Å²) in [6.07, 6.45) is 12.2. The topological polar surface area (TPSA) is 0 Å². The van der Waals surface area contributed by atoms with Crippen molar-refractivity contribution in [1.82, 2.24) is 0 Å². The lowest BCUT2D eigenvalue weighted by Crippen LogP contribution is -2.24. The van der Waals surface area contributed by atoms with Crippen LogP contribution in [0.3, 0.4) is 0 Å². The number of halogens is 1. The van der Waals surface area contributed by atoms with Crippen LogP contribution in [-0.2, 0) is 0 Å². The standard InChI is InChI=1S/C15H31Cl/c1-5-7-8-9-10-11-13-14(12-6-2)15(3,4)16/h14H,5-13H2,1-4H3. The van der Waals surface area contributed by atoms with Gasteiger partial charge in [0.25, 0.3) is 0 Å². The van der Waals surface area contributed by atoms with Crippen molar-refractivity contribution in [2.75, 3.05) is 0 Å². The molecule has 0 fully saturated rings. The summed E-state index contributed by atoms with van der Waals surface area (Å²) in [4.78, 5) is -0.0145. The van der Waals surface area contributed by atoms with E-state index in [0.717, 1.165) is 0 Å². The molecule has 1 heteroatoms. The zero-order valence-electron chi connectivity index (χ0n) is 11.8. The summed E-state index contributed by atoms with van der Waals surface area (Å²) >= 11 is 6.44. The van der Waals surface area contributed by atoms with Crippen LogP contribution in [0.5, 0.6) is 0 Å². The van der Waals surface area contributed by atoms with Gasteiger partial charge in [-0.15, -0.1) is 11.6 Å².